The van der Waals surface area contributed by atoms with Crippen LogP contribution in [-0.4, -0.2) is 32.3 Å². The fourth-order valence-corrected chi connectivity index (χ4v) is 1.96. The van der Waals surface area contributed by atoms with E-state index in [4.69, 9.17) is 14.2 Å². The van der Waals surface area contributed by atoms with Gasteiger partial charge < -0.3 is 14.2 Å². The summed E-state index contributed by atoms with van der Waals surface area (Å²) in [4.78, 5) is 0. The van der Waals surface area contributed by atoms with Crippen LogP contribution in [0.1, 0.15) is 18.4 Å². The molecule has 1 aromatic rings. The average Bonchev–Trinajstić information content (AvgIpc) is 2.44. The summed E-state index contributed by atoms with van der Waals surface area (Å²) in [6.07, 6.45) is 1.34. The van der Waals surface area contributed by atoms with Gasteiger partial charge in [-0.25, -0.2) is 4.39 Å². The highest BCUT2D eigenvalue weighted by Crippen LogP contribution is 2.19. The standard InChI is InChI=1S/C14H19FO3/c15-7-9-17-14-10-13(6-8-16-14)18-11-12-4-2-1-3-5-12/h1-5,13-14H,6-11H2/t13-,14+/m0/s1. The zero-order chi connectivity index (χ0) is 12.6. The van der Waals surface area contributed by atoms with E-state index in [-0.39, 0.29) is 19.0 Å². The van der Waals surface area contributed by atoms with Crippen LogP contribution in [0, 0.1) is 0 Å². The quantitative estimate of drug-likeness (QED) is 0.781. The predicted octanol–water partition coefficient (Wildman–Crippen LogP) is 2.69. The summed E-state index contributed by atoms with van der Waals surface area (Å²) in [6, 6.07) is 10.1. The first-order valence-electron chi connectivity index (χ1n) is 6.33. The average molecular weight is 254 g/mol. The normalized spacial score (nSPS) is 24.1. The second-order valence-corrected chi connectivity index (χ2v) is 4.30. The Balaban J connectivity index is 1.72. The van der Waals surface area contributed by atoms with Crippen LogP contribution in [0.3, 0.4) is 0 Å². The number of halogens is 1. The number of hydrogen-bond donors (Lipinski definition) is 0. The molecule has 1 fully saturated rings. The molecule has 1 aliphatic rings. The zero-order valence-electron chi connectivity index (χ0n) is 10.4. The third kappa shape index (κ3) is 4.37. The van der Waals surface area contributed by atoms with Gasteiger partial charge in [0.25, 0.3) is 0 Å². The van der Waals surface area contributed by atoms with Crippen LogP contribution in [0.5, 0.6) is 0 Å². The van der Waals surface area contributed by atoms with Crippen molar-refractivity contribution in [1.82, 2.24) is 0 Å². The first-order valence-corrected chi connectivity index (χ1v) is 6.33. The summed E-state index contributed by atoms with van der Waals surface area (Å²) in [5.41, 5.74) is 1.16. The fraction of sp³-hybridized carbons (Fsp3) is 0.571. The second kappa shape index (κ2) is 7.46. The number of hydrogen-bond acceptors (Lipinski definition) is 3. The Hall–Kier alpha value is -0.970. The summed E-state index contributed by atoms with van der Waals surface area (Å²) in [7, 11) is 0. The van der Waals surface area contributed by atoms with Crippen LogP contribution in [0.4, 0.5) is 4.39 Å². The maximum atomic E-state index is 12.0. The topological polar surface area (TPSA) is 27.7 Å². The summed E-state index contributed by atoms with van der Waals surface area (Å²) >= 11 is 0. The molecule has 0 radical (unpaired) electrons. The van der Waals surface area contributed by atoms with Crippen molar-refractivity contribution < 1.29 is 18.6 Å². The molecule has 2 atom stereocenters. The maximum Gasteiger partial charge on any atom is 0.160 e. The molecule has 18 heavy (non-hydrogen) atoms. The van der Waals surface area contributed by atoms with E-state index in [1.165, 1.54) is 0 Å². The molecule has 100 valence electrons. The van der Waals surface area contributed by atoms with Gasteiger partial charge in [-0.1, -0.05) is 30.3 Å². The van der Waals surface area contributed by atoms with Gasteiger partial charge in [0.15, 0.2) is 6.29 Å². The van der Waals surface area contributed by atoms with Gasteiger partial charge in [-0.2, -0.15) is 0 Å². The lowest BCUT2D eigenvalue weighted by molar-refractivity contribution is -0.194. The summed E-state index contributed by atoms with van der Waals surface area (Å²) in [5, 5.41) is 0. The van der Waals surface area contributed by atoms with Gasteiger partial charge in [-0.15, -0.1) is 0 Å². The van der Waals surface area contributed by atoms with Gasteiger partial charge >= 0.3 is 0 Å². The molecule has 1 aromatic carbocycles. The second-order valence-electron chi connectivity index (χ2n) is 4.30. The first kappa shape index (κ1) is 13.5. The Labute approximate surface area is 107 Å². The number of rotatable bonds is 6. The van der Waals surface area contributed by atoms with E-state index in [1.807, 2.05) is 30.3 Å². The molecule has 0 amide bonds. The van der Waals surface area contributed by atoms with Gasteiger partial charge in [0.05, 0.1) is 25.9 Å². The summed E-state index contributed by atoms with van der Waals surface area (Å²) in [5.74, 6) is 0. The SMILES string of the molecule is FCCO[C@@H]1C[C@@H](OCc2ccccc2)CCO1. The maximum absolute atomic E-state index is 12.0. The Morgan fingerprint density at radius 2 is 2.06 bits per heavy atom. The lowest BCUT2D eigenvalue weighted by Gasteiger charge is -2.29. The van der Waals surface area contributed by atoms with Crippen molar-refractivity contribution in [3.8, 4) is 0 Å². The summed E-state index contributed by atoms with van der Waals surface area (Å²) in [6.45, 7) is 0.823. The molecule has 1 heterocycles. The molecule has 1 aliphatic heterocycles. The van der Waals surface area contributed by atoms with E-state index in [0.717, 1.165) is 12.0 Å². The Kier molecular flexibility index (Phi) is 5.58. The summed E-state index contributed by atoms with van der Waals surface area (Å²) < 4.78 is 28.5. The van der Waals surface area contributed by atoms with E-state index < -0.39 is 6.67 Å². The molecule has 1 saturated heterocycles. The number of ether oxygens (including phenoxy) is 3. The van der Waals surface area contributed by atoms with Crippen molar-refractivity contribution in [2.75, 3.05) is 19.9 Å². The minimum absolute atomic E-state index is 0.0933. The molecule has 4 heteroatoms. The minimum atomic E-state index is -0.477. The Morgan fingerprint density at radius 3 is 2.83 bits per heavy atom. The molecule has 0 unspecified atom stereocenters. The van der Waals surface area contributed by atoms with Crippen molar-refractivity contribution >= 4 is 0 Å². The van der Waals surface area contributed by atoms with Gasteiger partial charge in [0.2, 0.25) is 0 Å². The highest BCUT2D eigenvalue weighted by molar-refractivity contribution is 5.13. The fourth-order valence-electron chi connectivity index (χ4n) is 1.96. The van der Waals surface area contributed by atoms with Crippen molar-refractivity contribution in [2.45, 2.75) is 31.8 Å². The van der Waals surface area contributed by atoms with E-state index in [9.17, 15) is 4.39 Å². The van der Waals surface area contributed by atoms with Crippen molar-refractivity contribution in [1.29, 1.82) is 0 Å². The Bertz CT molecular complexity index is 331. The zero-order valence-corrected chi connectivity index (χ0v) is 10.4. The Morgan fingerprint density at radius 1 is 1.22 bits per heavy atom. The molecule has 0 bridgehead atoms. The molecule has 0 saturated carbocycles. The van der Waals surface area contributed by atoms with Crippen LogP contribution >= 0.6 is 0 Å². The molecular weight excluding hydrogens is 235 g/mol. The van der Waals surface area contributed by atoms with Crippen LogP contribution in [0.25, 0.3) is 0 Å². The van der Waals surface area contributed by atoms with Gasteiger partial charge in [0, 0.05) is 6.42 Å². The van der Waals surface area contributed by atoms with E-state index in [0.29, 0.717) is 19.6 Å². The highest BCUT2D eigenvalue weighted by Gasteiger charge is 2.23. The van der Waals surface area contributed by atoms with Crippen LogP contribution in [-0.2, 0) is 20.8 Å². The first-order chi connectivity index (χ1) is 8.88. The van der Waals surface area contributed by atoms with Crippen molar-refractivity contribution in [3.63, 3.8) is 0 Å². The molecule has 2 rings (SSSR count). The monoisotopic (exact) mass is 254 g/mol. The lowest BCUT2D eigenvalue weighted by Crippen LogP contribution is -2.33. The molecule has 0 aromatic heterocycles. The lowest BCUT2D eigenvalue weighted by atomic mass is 10.1. The predicted molar refractivity (Wildman–Crippen MR) is 65.9 cm³/mol. The number of benzene rings is 1. The molecule has 0 aliphatic carbocycles. The van der Waals surface area contributed by atoms with Gasteiger partial charge in [-0.3, -0.25) is 0 Å². The van der Waals surface area contributed by atoms with Crippen LogP contribution in [0.15, 0.2) is 30.3 Å². The van der Waals surface area contributed by atoms with E-state index in [1.54, 1.807) is 0 Å². The van der Waals surface area contributed by atoms with Crippen molar-refractivity contribution in [2.24, 2.45) is 0 Å². The van der Waals surface area contributed by atoms with Gasteiger partial charge in [0.1, 0.15) is 6.67 Å². The van der Waals surface area contributed by atoms with Crippen LogP contribution < -0.4 is 0 Å². The number of alkyl halides is 1. The smallest absolute Gasteiger partial charge is 0.160 e. The van der Waals surface area contributed by atoms with E-state index >= 15 is 0 Å². The molecular formula is C14H19FO3. The highest BCUT2D eigenvalue weighted by atomic mass is 19.1. The molecule has 0 N–H and O–H groups in total. The van der Waals surface area contributed by atoms with Crippen LogP contribution in [0.2, 0.25) is 0 Å². The molecule has 0 spiro atoms. The minimum Gasteiger partial charge on any atom is -0.373 e. The van der Waals surface area contributed by atoms with Crippen molar-refractivity contribution in [3.05, 3.63) is 35.9 Å². The van der Waals surface area contributed by atoms with E-state index in [2.05, 4.69) is 0 Å². The van der Waals surface area contributed by atoms with Gasteiger partial charge in [-0.05, 0) is 12.0 Å². The third-order valence-corrected chi connectivity index (χ3v) is 2.91. The largest absolute Gasteiger partial charge is 0.373 e. The third-order valence-electron chi connectivity index (χ3n) is 2.91. The molecule has 3 nitrogen and oxygen atoms in total.